The Balaban J connectivity index is 2.06. The van der Waals surface area contributed by atoms with Crippen LogP contribution in [0.4, 0.5) is 0 Å². The summed E-state index contributed by atoms with van der Waals surface area (Å²) in [6, 6.07) is 3.80. The fourth-order valence-corrected chi connectivity index (χ4v) is 2.61. The molecule has 0 spiro atoms. The van der Waals surface area contributed by atoms with Crippen LogP contribution in [0.1, 0.15) is 5.89 Å². The van der Waals surface area contributed by atoms with Gasteiger partial charge < -0.3 is 4.42 Å². The number of fused-ring (bicyclic) bond motifs is 1. The van der Waals surface area contributed by atoms with Gasteiger partial charge in [-0.05, 0) is 39.8 Å². The average Bonchev–Trinajstić information content (AvgIpc) is 2.75. The zero-order valence-electron chi connectivity index (χ0n) is 9.29. The van der Waals surface area contributed by atoms with Crippen molar-refractivity contribution in [3.63, 3.8) is 0 Å². The molecule has 0 saturated carbocycles. The molecular formula is C11H7BrN4OS. The van der Waals surface area contributed by atoms with E-state index >= 15 is 0 Å². The Kier molecular flexibility index (Phi) is 3.00. The van der Waals surface area contributed by atoms with Crippen molar-refractivity contribution in [3.8, 4) is 0 Å². The minimum atomic E-state index is 0.504. The number of rotatable bonds is 2. The lowest BCUT2D eigenvalue weighted by Gasteiger charge is -2.02. The molecule has 3 aromatic rings. The number of hydrogen-bond acceptors (Lipinski definition) is 6. The van der Waals surface area contributed by atoms with Crippen molar-refractivity contribution in [2.75, 3.05) is 0 Å². The maximum absolute atomic E-state index is 5.34. The summed E-state index contributed by atoms with van der Waals surface area (Å²) in [6.45, 7) is 1.76. The van der Waals surface area contributed by atoms with E-state index in [-0.39, 0.29) is 0 Å². The van der Waals surface area contributed by atoms with Crippen LogP contribution in [0.15, 0.2) is 43.5 Å². The third-order valence-corrected chi connectivity index (χ3v) is 3.53. The summed E-state index contributed by atoms with van der Waals surface area (Å²) in [4.78, 5) is 9.58. The van der Waals surface area contributed by atoms with Crippen molar-refractivity contribution in [3.05, 3.63) is 34.9 Å². The molecule has 3 rings (SSSR count). The van der Waals surface area contributed by atoms with Crippen molar-refractivity contribution < 1.29 is 4.42 Å². The van der Waals surface area contributed by atoms with E-state index in [1.165, 1.54) is 11.8 Å². The first-order valence-corrected chi connectivity index (χ1v) is 6.71. The lowest BCUT2D eigenvalue weighted by molar-refractivity contribution is 0.429. The summed E-state index contributed by atoms with van der Waals surface area (Å²) in [7, 11) is 0. The van der Waals surface area contributed by atoms with Crippen LogP contribution >= 0.6 is 27.7 Å². The van der Waals surface area contributed by atoms with Gasteiger partial charge in [-0.3, -0.25) is 9.97 Å². The van der Waals surface area contributed by atoms with Gasteiger partial charge in [0.1, 0.15) is 5.52 Å². The summed E-state index contributed by atoms with van der Waals surface area (Å²) in [6.07, 6.45) is 3.48. The van der Waals surface area contributed by atoms with E-state index in [0.29, 0.717) is 11.1 Å². The van der Waals surface area contributed by atoms with E-state index < -0.39 is 0 Å². The second-order valence-corrected chi connectivity index (χ2v) is 5.43. The van der Waals surface area contributed by atoms with Crippen LogP contribution in [0.25, 0.3) is 11.0 Å². The van der Waals surface area contributed by atoms with Crippen LogP contribution in [-0.4, -0.2) is 20.2 Å². The van der Waals surface area contributed by atoms with Gasteiger partial charge in [-0.1, -0.05) is 0 Å². The zero-order valence-corrected chi connectivity index (χ0v) is 11.7. The molecule has 0 saturated heterocycles. The minimum Gasteiger partial charge on any atom is -0.416 e. The molecule has 0 aliphatic rings. The average molecular weight is 323 g/mol. The molecule has 7 heteroatoms. The van der Waals surface area contributed by atoms with Gasteiger partial charge >= 0.3 is 0 Å². The normalized spacial score (nSPS) is 11.0. The predicted molar refractivity (Wildman–Crippen MR) is 70.4 cm³/mol. The van der Waals surface area contributed by atoms with Crippen molar-refractivity contribution in [1.82, 2.24) is 20.2 Å². The van der Waals surface area contributed by atoms with E-state index in [9.17, 15) is 0 Å². The highest BCUT2D eigenvalue weighted by atomic mass is 79.9. The van der Waals surface area contributed by atoms with Crippen molar-refractivity contribution in [2.45, 2.75) is 17.0 Å². The Morgan fingerprint density at radius 3 is 2.94 bits per heavy atom. The van der Waals surface area contributed by atoms with E-state index in [2.05, 4.69) is 36.1 Å². The summed E-state index contributed by atoms with van der Waals surface area (Å²) < 4.78 is 6.24. The Hall–Kier alpha value is -1.47. The highest BCUT2D eigenvalue weighted by molar-refractivity contribution is 9.10. The quantitative estimate of drug-likeness (QED) is 0.721. The van der Waals surface area contributed by atoms with Crippen LogP contribution < -0.4 is 0 Å². The number of aryl methyl sites for hydroxylation is 1. The number of pyridine rings is 2. The van der Waals surface area contributed by atoms with Gasteiger partial charge in [0.15, 0.2) is 0 Å². The topological polar surface area (TPSA) is 64.7 Å². The molecule has 3 heterocycles. The van der Waals surface area contributed by atoms with Crippen molar-refractivity contribution >= 4 is 38.7 Å². The molecule has 0 amide bonds. The first kappa shape index (κ1) is 11.6. The second kappa shape index (κ2) is 4.66. The third kappa shape index (κ3) is 2.23. The molecule has 18 heavy (non-hydrogen) atoms. The number of aromatic nitrogens is 4. The molecule has 5 nitrogen and oxygen atoms in total. The first-order chi connectivity index (χ1) is 8.72. The van der Waals surface area contributed by atoms with Gasteiger partial charge in [-0.2, -0.15) is 0 Å². The second-order valence-electron chi connectivity index (χ2n) is 3.52. The number of halogens is 1. The van der Waals surface area contributed by atoms with Crippen LogP contribution in [0.3, 0.4) is 0 Å². The maximum atomic E-state index is 5.34. The third-order valence-electron chi connectivity index (χ3n) is 2.21. The van der Waals surface area contributed by atoms with Gasteiger partial charge in [-0.15, -0.1) is 10.2 Å². The van der Waals surface area contributed by atoms with E-state index in [4.69, 9.17) is 4.42 Å². The molecule has 0 N–H and O–H groups in total. The maximum Gasteiger partial charge on any atom is 0.281 e. The lowest BCUT2D eigenvalue weighted by Crippen LogP contribution is -1.86. The molecule has 0 aliphatic heterocycles. The lowest BCUT2D eigenvalue weighted by atomic mass is 10.3. The molecular weight excluding hydrogens is 316 g/mol. The molecule has 90 valence electrons. The van der Waals surface area contributed by atoms with E-state index in [1.807, 2.05) is 12.1 Å². The Morgan fingerprint density at radius 1 is 1.28 bits per heavy atom. The molecule has 0 aromatic carbocycles. The molecule has 0 bridgehead atoms. The Bertz CT molecular complexity index is 715. The molecule has 0 aliphatic carbocycles. The van der Waals surface area contributed by atoms with E-state index in [0.717, 1.165) is 20.4 Å². The molecule has 0 fully saturated rings. The summed E-state index contributed by atoms with van der Waals surface area (Å²) in [5.74, 6) is 0.548. The summed E-state index contributed by atoms with van der Waals surface area (Å²) in [5, 5.41) is 8.25. The van der Waals surface area contributed by atoms with E-state index in [1.54, 1.807) is 19.3 Å². The Labute approximate surface area is 115 Å². The highest BCUT2D eigenvalue weighted by Gasteiger charge is 2.10. The zero-order chi connectivity index (χ0) is 12.5. The van der Waals surface area contributed by atoms with Crippen LogP contribution in [0.5, 0.6) is 0 Å². The number of nitrogens with zero attached hydrogens (tertiary/aromatic N) is 4. The molecule has 3 aromatic heterocycles. The van der Waals surface area contributed by atoms with Gasteiger partial charge in [-0.25, -0.2) is 0 Å². The fourth-order valence-electron chi connectivity index (χ4n) is 1.48. The smallest absolute Gasteiger partial charge is 0.281 e. The number of hydrogen-bond donors (Lipinski definition) is 0. The van der Waals surface area contributed by atoms with Gasteiger partial charge in [0.25, 0.3) is 5.22 Å². The minimum absolute atomic E-state index is 0.504. The molecule has 0 radical (unpaired) electrons. The monoisotopic (exact) mass is 322 g/mol. The highest BCUT2D eigenvalue weighted by Crippen LogP contribution is 2.31. The van der Waals surface area contributed by atoms with Gasteiger partial charge in [0.05, 0.1) is 5.52 Å². The first-order valence-electron chi connectivity index (χ1n) is 5.10. The van der Waals surface area contributed by atoms with Gasteiger partial charge in [0.2, 0.25) is 5.89 Å². The van der Waals surface area contributed by atoms with Crippen LogP contribution in [-0.2, 0) is 0 Å². The summed E-state index contributed by atoms with van der Waals surface area (Å²) in [5.41, 5.74) is 1.65. The van der Waals surface area contributed by atoms with Crippen molar-refractivity contribution in [2.24, 2.45) is 0 Å². The van der Waals surface area contributed by atoms with Crippen molar-refractivity contribution in [1.29, 1.82) is 0 Å². The SMILES string of the molecule is Cc1nnc(Sc2ccnc3cc(Br)cnc23)o1. The molecule has 0 atom stereocenters. The largest absolute Gasteiger partial charge is 0.416 e. The standard InChI is InChI=1S/C11H7BrN4OS/c1-6-15-16-11(17-6)18-9-2-3-13-8-4-7(12)5-14-10(8)9/h2-5H,1H3. The fraction of sp³-hybridized carbons (Fsp3) is 0.0909. The summed E-state index contributed by atoms with van der Waals surface area (Å²) >= 11 is 4.76. The predicted octanol–water partition coefficient (Wildman–Crippen LogP) is 3.23. The Morgan fingerprint density at radius 2 is 2.17 bits per heavy atom. The van der Waals surface area contributed by atoms with Crippen LogP contribution in [0, 0.1) is 6.92 Å². The molecule has 0 unspecified atom stereocenters. The van der Waals surface area contributed by atoms with Crippen LogP contribution in [0.2, 0.25) is 0 Å². The van der Waals surface area contributed by atoms with Gasteiger partial charge in [0, 0.05) is 28.7 Å².